The standard InChI is InChI=1S/C53H48N16O15S3/c1-10-11-30-50-66-32(16-84-50)43(75)54-14-36-62-33(17-85-36)45(77)60-25(7)51-67-34(18-86-51)46(78)58-23(5)41(73)59-24(6)49-65-31(15-83-49)38-28(52-68-35(19-87-52)47(79)69-37(27(9)70)48(80)64-30)12-13-29(63-38)44(76)57-22(4)40(72)55-20(2)39(71)56-21(3)42(74)61-26(8)53(81)82/h11-13,15-19,25,27,37,70H,2-6,8,10,14H2,1,7,9H3,(H,54,75)(H,55,72)(H,56,71)(H,57,76)(H,58,78)(H,59,73)(H,60,77)(H,61,74)(H,64,80)(H,69,79)(H,81,82). The number of carbonyl (C=O) groups is 11. The van der Waals surface area contributed by atoms with Crippen molar-refractivity contribution in [3.63, 3.8) is 0 Å². The van der Waals surface area contributed by atoms with Crippen molar-refractivity contribution in [1.82, 2.24) is 83.1 Å². The number of allylic oxidation sites excluding steroid dienone is 1. The molecule has 0 fully saturated rings. The fourth-order valence-electron chi connectivity index (χ4n) is 6.96. The van der Waals surface area contributed by atoms with Crippen LogP contribution in [0.4, 0.5) is 0 Å². The molecule has 1 aliphatic heterocycles. The van der Waals surface area contributed by atoms with Crippen molar-refractivity contribution in [2.45, 2.75) is 51.9 Å². The van der Waals surface area contributed by atoms with Crippen molar-refractivity contribution in [2.75, 3.05) is 0 Å². The van der Waals surface area contributed by atoms with Crippen LogP contribution in [-0.4, -0.2) is 117 Å². The van der Waals surface area contributed by atoms with Gasteiger partial charge >= 0.3 is 5.97 Å². The summed E-state index contributed by atoms with van der Waals surface area (Å²) in [4.78, 5) is 170. The van der Waals surface area contributed by atoms with Gasteiger partial charge in [-0.1, -0.05) is 52.5 Å². The molecule has 31 nitrogen and oxygen atoms in total. The Morgan fingerprint density at radius 3 is 1.91 bits per heavy atom. The van der Waals surface area contributed by atoms with Crippen LogP contribution >= 0.6 is 34.0 Å². The second kappa shape index (κ2) is 27.4. The highest BCUT2D eigenvalue weighted by atomic mass is 32.1. The summed E-state index contributed by atoms with van der Waals surface area (Å²) in [5, 5.41) is 47.9. The second-order valence-corrected chi connectivity index (χ2v) is 20.6. The number of hydrogen-bond acceptors (Lipinski definition) is 23. The Kier molecular flexibility index (Phi) is 20.0. The average Bonchev–Trinajstić information content (AvgIpc) is 2.00. The fraction of sp³-hybridized carbons (Fsp3) is 0.151. The number of carboxylic acid groups (broad SMARTS) is 1. The summed E-state index contributed by atoms with van der Waals surface area (Å²) < 4.78 is 11.2. The summed E-state index contributed by atoms with van der Waals surface area (Å²) in [5.74, 6) is -11.7. The Hall–Kier alpha value is -11.2. The minimum Gasteiger partial charge on any atom is -0.477 e. The normalized spacial score (nSPS) is 16.1. The van der Waals surface area contributed by atoms with Crippen LogP contribution in [0, 0.1) is 0 Å². The first-order chi connectivity index (χ1) is 41.2. The Bertz CT molecular complexity index is 3970. The number of carboxylic acids is 1. The lowest BCUT2D eigenvalue weighted by atomic mass is 10.1. The number of thiazole rings is 3. The maximum absolute atomic E-state index is 13.9. The lowest BCUT2D eigenvalue weighted by Gasteiger charge is -2.20. The fourth-order valence-corrected chi connectivity index (χ4v) is 9.30. The largest absolute Gasteiger partial charge is 0.477 e. The Morgan fingerprint density at radius 1 is 0.667 bits per heavy atom. The van der Waals surface area contributed by atoms with Crippen LogP contribution in [0.15, 0.2) is 124 Å². The predicted octanol–water partition coefficient (Wildman–Crippen LogP) is 1.79. The molecule has 0 spiro atoms. The van der Waals surface area contributed by atoms with E-state index in [1.807, 2.05) is 10.6 Å². The van der Waals surface area contributed by atoms with Gasteiger partial charge in [-0.15, -0.1) is 34.0 Å². The predicted molar refractivity (Wildman–Crippen MR) is 308 cm³/mol. The van der Waals surface area contributed by atoms with E-state index in [9.17, 15) is 57.8 Å². The first-order valence-electron chi connectivity index (χ1n) is 24.8. The maximum Gasteiger partial charge on any atom is 0.351 e. The molecule has 0 aliphatic carbocycles. The van der Waals surface area contributed by atoms with Gasteiger partial charge in [-0.25, -0.2) is 34.7 Å². The molecule has 10 amide bonds. The number of nitrogens with zero attached hydrogens (tertiary/aromatic N) is 6. The molecular weight excluding hydrogens is 1200 g/mol. The second-order valence-electron chi connectivity index (χ2n) is 17.9. The van der Waals surface area contributed by atoms with Gasteiger partial charge in [-0.05, 0) is 32.4 Å². The minimum atomic E-state index is -1.63. The number of fused-ring (bicyclic) bond motifs is 13. The quantitative estimate of drug-likeness (QED) is 0.0823. The molecule has 3 atom stereocenters. The van der Waals surface area contributed by atoms with Crippen LogP contribution in [-0.2, 0) is 35.3 Å². The van der Waals surface area contributed by atoms with Gasteiger partial charge in [0.2, 0.25) is 17.7 Å². The Balaban J connectivity index is 1.16. The van der Waals surface area contributed by atoms with E-state index in [1.165, 1.54) is 41.3 Å². The third-order valence-electron chi connectivity index (χ3n) is 11.4. The number of aliphatic hydroxyl groups excluding tert-OH is 1. The number of rotatable bonds is 11. The van der Waals surface area contributed by atoms with Gasteiger partial charge in [0, 0.05) is 21.7 Å². The van der Waals surface area contributed by atoms with Crippen LogP contribution in [0.1, 0.15) is 107 Å². The molecule has 7 heterocycles. The van der Waals surface area contributed by atoms with Gasteiger partial charge in [0.25, 0.3) is 53.2 Å². The van der Waals surface area contributed by atoms with Gasteiger partial charge in [0.15, 0.2) is 5.69 Å². The highest BCUT2D eigenvalue weighted by molar-refractivity contribution is 7.13. The third kappa shape index (κ3) is 15.7. The monoisotopic (exact) mass is 1240 g/mol. The summed E-state index contributed by atoms with van der Waals surface area (Å²) in [7, 11) is 0. The molecule has 448 valence electrons. The van der Waals surface area contributed by atoms with E-state index in [-0.39, 0.29) is 74.5 Å². The first kappa shape index (κ1) is 63.4. The number of aliphatic hydroxyl groups is 1. The van der Waals surface area contributed by atoms with Crippen molar-refractivity contribution < 1.29 is 71.8 Å². The zero-order valence-electron chi connectivity index (χ0n) is 45.6. The highest BCUT2D eigenvalue weighted by Crippen LogP contribution is 2.34. The average molecular weight is 1250 g/mol. The molecule has 34 heteroatoms. The van der Waals surface area contributed by atoms with Gasteiger partial charge < -0.3 is 72.2 Å². The van der Waals surface area contributed by atoms with E-state index in [0.29, 0.717) is 16.4 Å². The van der Waals surface area contributed by atoms with Crippen molar-refractivity contribution >= 4 is 110 Å². The Morgan fingerprint density at radius 2 is 1.24 bits per heavy atom. The molecule has 7 rings (SSSR count). The molecule has 0 saturated heterocycles. The van der Waals surface area contributed by atoms with Crippen LogP contribution in [0.3, 0.4) is 0 Å². The summed E-state index contributed by atoms with van der Waals surface area (Å²) in [6, 6.07) is 0.147. The first-order valence-corrected chi connectivity index (χ1v) is 27.5. The molecule has 0 saturated carbocycles. The van der Waals surface area contributed by atoms with E-state index in [0.717, 1.165) is 46.5 Å². The molecule has 12 N–H and O–H groups in total. The topological polar surface area (TPSA) is 452 Å². The zero-order chi connectivity index (χ0) is 63.6. The highest BCUT2D eigenvalue weighted by Gasteiger charge is 2.31. The van der Waals surface area contributed by atoms with Crippen LogP contribution in [0.2, 0.25) is 0 Å². The molecule has 6 aromatic heterocycles. The van der Waals surface area contributed by atoms with Crippen LogP contribution in [0.25, 0.3) is 33.4 Å². The molecular formula is C53H48N16O15S3. The number of pyridine rings is 1. The number of nitrogens with one attached hydrogen (secondary N) is 10. The van der Waals surface area contributed by atoms with Gasteiger partial charge in [-0.2, -0.15) is 0 Å². The van der Waals surface area contributed by atoms with Crippen molar-refractivity contribution in [2.24, 2.45) is 0 Å². The molecule has 87 heavy (non-hydrogen) atoms. The molecule has 10 bridgehead atoms. The van der Waals surface area contributed by atoms with E-state index in [1.54, 1.807) is 13.8 Å². The number of oxazole rings is 2. The molecule has 3 unspecified atom stereocenters. The lowest BCUT2D eigenvalue weighted by molar-refractivity contribution is -0.134. The summed E-state index contributed by atoms with van der Waals surface area (Å²) >= 11 is 3.00. The Labute approximate surface area is 502 Å². The molecule has 1 aliphatic rings. The number of carbonyl (C=O) groups excluding carboxylic acids is 10. The van der Waals surface area contributed by atoms with Gasteiger partial charge in [0.1, 0.15) is 79.1 Å². The van der Waals surface area contributed by atoms with E-state index in [4.69, 9.17) is 13.9 Å². The number of amides is 10. The van der Waals surface area contributed by atoms with E-state index in [2.05, 4.69) is 112 Å². The molecule has 0 radical (unpaired) electrons. The lowest BCUT2D eigenvalue weighted by Crippen LogP contribution is -2.52. The van der Waals surface area contributed by atoms with Crippen molar-refractivity contribution in [1.29, 1.82) is 0 Å². The number of hydrogen-bond donors (Lipinski definition) is 12. The zero-order valence-corrected chi connectivity index (χ0v) is 48.1. The van der Waals surface area contributed by atoms with Crippen LogP contribution < -0.4 is 53.2 Å². The molecule has 0 aromatic carbocycles. The maximum atomic E-state index is 13.9. The minimum absolute atomic E-state index is 0.0174. The van der Waals surface area contributed by atoms with Crippen molar-refractivity contribution in [3.05, 3.63) is 165 Å². The smallest absolute Gasteiger partial charge is 0.351 e. The van der Waals surface area contributed by atoms with E-state index < -0.39 is 117 Å². The SMILES string of the molecule is C=C(NC(=O)C(=C)NC(=O)C(=C)NC(=O)C(=C)NC(=O)c1ccc2c(n1)-c1coc(n1)C(=C)NC(=O)C(=C)NC(=O)c1csc(n1)C(C)NC(=O)c1csc(n1)CNC(=O)c1coc(n1)C(=CCC)NC(=O)C(C(C)O)NC(=O)c1csc-2n1)C(=O)O. The van der Waals surface area contributed by atoms with Crippen LogP contribution in [0.5, 0.6) is 0 Å². The van der Waals surface area contributed by atoms with Gasteiger partial charge in [0.05, 0.1) is 47.2 Å². The van der Waals surface area contributed by atoms with Crippen molar-refractivity contribution in [3.8, 4) is 22.0 Å². The summed E-state index contributed by atoms with van der Waals surface area (Å²) in [6.07, 6.45) is 2.40. The molecule has 6 aromatic rings. The number of aliphatic carboxylic acids is 1. The summed E-state index contributed by atoms with van der Waals surface area (Å²) in [5.41, 5.74) is -4.68. The third-order valence-corrected chi connectivity index (χ3v) is 14.1. The number of aromatic nitrogens is 6. The summed E-state index contributed by atoms with van der Waals surface area (Å²) in [6.45, 7) is 25.3. The van der Waals surface area contributed by atoms with Gasteiger partial charge in [-0.3, -0.25) is 47.9 Å². The van der Waals surface area contributed by atoms with E-state index >= 15 is 0 Å².